The van der Waals surface area contributed by atoms with Crippen molar-refractivity contribution in [3.05, 3.63) is 71.7 Å². The molecule has 0 radical (unpaired) electrons. The molecule has 1 aliphatic heterocycles. The number of H-pyrrole nitrogens is 1. The maximum atomic E-state index is 13.5. The standard InChI is InChI=1S/C25H26FN3O4S/c1-25(2,3)33-24(32)20-14-34-23(15-8-10-17(26)11-9-15)29(20)21(30)13-27-22(31)19-12-16-6-4-5-7-18(16)28-19/h4-12,20,23,28H,13-14H2,1-3H3,(H,27,31)/t20-,23+/m0/s1. The van der Waals surface area contributed by atoms with Crippen LogP contribution in [0, 0.1) is 5.82 Å². The molecule has 0 aliphatic carbocycles. The van der Waals surface area contributed by atoms with Crippen LogP contribution in [-0.4, -0.2) is 51.6 Å². The molecule has 2 aromatic carbocycles. The van der Waals surface area contributed by atoms with E-state index in [0.29, 0.717) is 17.0 Å². The minimum atomic E-state index is -0.822. The average Bonchev–Trinajstić information content (AvgIpc) is 3.41. The maximum Gasteiger partial charge on any atom is 0.330 e. The average molecular weight is 484 g/mol. The van der Waals surface area contributed by atoms with Crippen molar-refractivity contribution >= 4 is 40.4 Å². The van der Waals surface area contributed by atoms with Crippen molar-refractivity contribution in [2.45, 2.75) is 37.8 Å². The highest BCUT2D eigenvalue weighted by molar-refractivity contribution is 7.99. The van der Waals surface area contributed by atoms with Gasteiger partial charge in [0.2, 0.25) is 5.91 Å². The Balaban J connectivity index is 1.52. The predicted octanol–water partition coefficient (Wildman–Crippen LogP) is 4.02. The molecule has 34 heavy (non-hydrogen) atoms. The van der Waals surface area contributed by atoms with Gasteiger partial charge < -0.3 is 19.9 Å². The monoisotopic (exact) mass is 483 g/mol. The molecule has 0 unspecified atom stereocenters. The number of carbonyl (C=O) groups is 3. The molecule has 1 aliphatic rings. The van der Waals surface area contributed by atoms with Crippen molar-refractivity contribution in [3.63, 3.8) is 0 Å². The number of thioether (sulfide) groups is 1. The number of fused-ring (bicyclic) bond motifs is 1. The van der Waals surface area contributed by atoms with E-state index in [4.69, 9.17) is 4.74 Å². The Morgan fingerprint density at radius 2 is 1.85 bits per heavy atom. The van der Waals surface area contributed by atoms with Crippen LogP contribution in [-0.2, 0) is 14.3 Å². The van der Waals surface area contributed by atoms with Crippen molar-refractivity contribution in [2.75, 3.05) is 12.3 Å². The molecule has 2 atom stereocenters. The number of para-hydroxylation sites is 1. The molecule has 3 aromatic rings. The highest BCUT2D eigenvalue weighted by Gasteiger charge is 2.44. The van der Waals surface area contributed by atoms with Gasteiger partial charge in [-0.2, -0.15) is 0 Å². The molecule has 0 spiro atoms. The second-order valence-corrected chi connectivity index (χ2v) is 10.2. The van der Waals surface area contributed by atoms with Crippen molar-refractivity contribution in [1.29, 1.82) is 0 Å². The van der Waals surface area contributed by atoms with Gasteiger partial charge in [-0.05, 0) is 50.6 Å². The molecule has 4 rings (SSSR count). The summed E-state index contributed by atoms with van der Waals surface area (Å²) in [6.45, 7) is 4.98. The minimum absolute atomic E-state index is 0.300. The van der Waals surface area contributed by atoms with Crippen LogP contribution in [0.1, 0.15) is 42.2 Å². The molecule has 2 amide bonds. The summed E-state index contributed by atoms with van der Waals surface area (Å²) in [6, 6.07) is 14.2. The van der Waals surface area contributed by atoms with Crippen LogP contribution < -0.4 is 5.32 Å². The molecule has 9 heteroatoms. The van der Waals surface area contributed by atoms with Gasteiger partial charge in [-0.3, -0.25) is 9.59 Å². The number of halogens is 1. The van der Waals surface area contributed by atoms with Gasteiger partial charge in [-0.1, -0.05) is 30.3 Å². The zero-order chi connectivity index (χ0) is 24.5. The van der Waals surface area contributed by atoms with Gasteiger partial charge in [0.05, 0.1) is 6.54 Å². The number of hydrogen-bond acceptors (Lipinski definition) is 5. The molecule has 0 saturated carbocycles. The molecular weight excluding hydrogens is 457 g/mol. The first kappa shape index (κ1) is 23.8. The van der Waals surface area contributed by atoms with E-state index in [0.717, 1.165) is 10.9 Å². The smallest absolute Gasteiger partial charge is 0.330 e. The quantitative estimate of drug-likeness (QED) is 0.535. The molecule has 178 valence electrons. The fourth-order valence-corrected chi connectivity index (χ4v) is 5.22. The van der Waals surface area contributed by atoms with E-state index >= 15 is 0 Å². The molecule has 1 aromatic heterocycles. The summed E-state index contributed by atoms with van der Waals surface area (Å²) < 4.78 is 19.0. The number of hydrogen-bond donors (Lipinski definition) is 2. The van der Waals surface area contributed by atoms with E-state index < -0.39 is 34.8 Å². The summed E-state index contributed by atoms with van der Waals surface area (Å²) in [7, 11) is 0. The SMILES string of the molecule is CC(C)(C)OC(=O)[C@@H]1CS[C@H](c2ccc(F)cc2)N1C(=O)CNC(=O)c1cc2ccccc2[nH]1. The van der Waals surface area contributed by atoms with Gasteiger partial charge in [0, 0.05) is 16.7 Å². The van der Waals surface area contributed by atoms with Crippen molar-refractivity contribution in [2.24, 2.45) is 0 Å². The number of rotatable bonds is 5. The Bertz CT molecular complexity index is 1190. The zero-order valence-electron chi connectivity index (χ0n) is 19.1. The number of nitrogens with zero attached hydrogens (tertiary/aromatic N) is 1. The summed E-state index contributed by atoms with van der Waals surface area (Å²) in [5.74, 6) is -1.43. The highest BCUT2D eigenvalue weighted by Crippen LogP contribution is 2.42. The lowest BCUT2D eigenvalue weighted by molar-refractivity contribution is -0.163. The van der Waals surface area contributed by atoms with Gasteiger partial charge in [0.25, 0.3) is 5.91 Å². The van der Waals surface area contributed by atoms with E-state index in [1.165, 1.54) is 28.8 Å². The van der Waals surface area contributed by atoms with E-state index in [1.807, 2.05) is 24.3 Å². The number of benzene rings is 2. The number of aromatic amines is 1. The van der Waals surface area contributed by atoms with Gasteiger partial charge in [0.15, 0.2) is 0 Å². The predicted molar refractivity (Wildman–Crippen MR) is 129 cm³/mol. The third-order valence-electron chi connectivity index (χ3n) is 5.30. The van der Waals surface area contributed by atoms with Gasteiger partial charge in [0.1, 0.15) is 28.5 Å². The summed E-state index contributed by atoms with van der Waals surface area (Å²) in [6.07, 6.45) is 0. The molecule has 1 saturated heterocycles. The van der Waals surface area contributed by atoms with Gasteiger partial charge in [-0.15, -0.1) is 11.8 Å². The molecule has 2 N–H and O–H groups in total. The summed E-state index contributed by atoms with van der Waals surface area (Å²) in [4.78, 5) is 43.3. The Morgan fingerprint density at radius 3 is 2.53 bits per heavy atom. The second kappa shape index (κ2) is 9.50. The third-order valence-corrected chi connectivity index (χ3v) is 6.62. The topological polar surface area (TPSA) is 91.5 Å². The molecule has 0 bridgehead atoms. The summed E-state index contributed by atoms with van der Waals surface area (Å²) in [5, 5.41) is 3.02. The van der Waals surface area contributed by atoms with Crippen molar-refractivity contribution in [1.82, 2.24) is 15.2 Å². The van der Waals surface area contributed by atoms with Crippen LogP contribution >= 0.6 is 11.8 Å². The van der Waals surface area contributed by atoms with Gasteiger partial charge >= 0.3 is 5.97 Å². The maximum absolute atomic E-state index is 13.5. The summed E-state index contributed by atoms with van der Waals surface area (Å²) in [5.41, 5.74) is 1.13. The van der Waals surface area contributed by atoms with E-state index in [9.17, 15) is 18.8 Å². The largest absolute Gasteiger partial charge is 0.458 e. The normalized spacial score (nSPS) is 18.2. The number of ether oxygens (including phenoxy) is 1. The first-order valence-electron chi connectivity index (χ1n) is 10.9. The fourth-order valence-electron chi connectivity index (χ4n) is 3.78. The lowest BCUT2D eigenvalue weighted by Gasteiger charge is -2.30. The zero-order valence-corrected chi connectivity index (χ0v) is 19.9. The first-order chi connectivity index (χ1) is 16.1. The highest BCUT2D eigenvalue weighted by atomic mass is 32.2. The number of esters is 1. The Morgan fingerprint density at radius 1 is 1.15 bits per heavy atom. The van der Waals surface area contributed by atoms with Crippen LogP contribution in [0.5, 0.6) is 0 Å². The Kier molecular flexibility index (Phi) is 6.65. The lowest BCUT2D eigenvalue weighted by Crippen LogP contribution is -2.49. The minimum Gasteiger partial charge on any atom is -0.458 e. The Hall–Kier alpha value is -3.33. The number of amides is 2. The van der Waals surface area contributed by atoms with Crippen LogP contribution in [0.3, 0.4) is 0 Å². The van der Waals surface area contributed by atoms with Crippen molar-refractivity contribution < 1.29 is 23.5 Å². The van der Waals surface area contributed by atoms with Crippen LogP contribution in [0.4, 0.5) is 4.39 Å². The van der Waals surface area contributed by atoms with Crippen LogP contribution in [0.2, 0.25) is 0 Å². The van der Waals surface area contributed by atoms with Crippen LogP contribution in [0.25, 0.3) is 10.9 Å². The lowest BCUT2D eigenvalue weighted by atomic mass is 10.1. The fraction of sp³-hybridized carbons (Fsp3) is 0.320. The summed E-state index contributed by atoms with van der Waals surface area (Å²) >= 11 is 1.40. The molecule has 2 heterocycles. The molecule has 7 nitrogen and oxygen atoms in total. The number of carbonyl (C=O) groups excluding carboxylic acids is 3. The first-order valence-corrected chi connectivity index (χ1v) is 11.9. The Labute approximate surface area is 201 Å². The van der Waals surface area contributed by atoms with Crippen LogP contribution in [0.15, 0.2) is 54.6 Å². The molecule has 1 fully saturated rings. The van der Waals surface area contributed by atoms with Gasteiger partial charge in [-0.25, -0.2) is 9.18 Å². The second-order valence-electron chi connectivity index (χ2n) is 9.04. The third kappa shape index (κ3) is 5.25. The molecular formula is C25H26FN3O4S. The van der Waals surface area contributed by atoms with E-state index in [2.05, 4.69) is 10.3 Å². The van der Waals surface area contributed by atoms with E-state index in [1.54, 1.807) is 39.0 Å². The van der Waals surface area contributed by atoms with E-state index in [-0.39, 0.29) is 12.4 Å². The number of aromatic nitrogens is 1. The van der Waals surface area contributed by atoms with Crippen molar-refractivity contribution in [3.8, 4) is 0 Å². The number of nitrogens with one attached hydrogen (secondary N) is 2.